The quantitative estimate of drug-likeness (QED) is 0.633. The molecule has 1 aliphatic carbocycles. The highest BCUT2D eigenvalue weighted by molar-refractivity contribution is 4.85. The maximum atomic E-state index is 2.76. The second-order valence-electron chi connectivity index (χ2n) is 5.23. The number of hydrogen-bond acceptors (Lipinski definition) is 1. The normalized spacial score (nSPS) is 32.1. The molecule has 2 aliphatic rings. The Morgan fingerprint density at radius 2 is 1.77 bits per heavy atom. The highest BCUT2D eigenvalue weighted by atomic mass is 15.2. The first-order valence-corrected chi connectivity index (χ1v) is 6.01. The SMILES string of the molecule is CC(C)[C@H]1CCN(C2CCCC2)C1. The van der Waals surface area contributed by atoms with Gasteiger partial charge in [-0.2, -0.15) is 0 Å². The van der Waals surface area contributed by atoms with E-state index in [1.807, 2.05) is 0 Å². The molecule has 1 aliphatic heterocycles. The molecular formula is C12H23N. The Morgan fingerprint density at radius 1 is 1.08 bits per heavy atom. The van der Waals surface area contributed by atoms with E-state index in [-0.39, 0.29) is 0 Å². The maximum Gasteiger partial charge on any atom is 0.00953 e. The van der Waals surface area contributed by atoms with Gasteiger partial charge in [-0.25, -0.2) is 0 Å². The summed E-state index contributed by atoms with van der Waals surface area (Å²) in [4.78, 5) is 2.76. The van der Waals surface area contributed by atoms with Crippen LogP contribution in [-0.2, 0) is 0 Å². The Hall–Kier alpha value is -0.0400. The van der Waals surface area contributed by atoms with Crippen LogP contribution in [0.3, 0.4) is 0 Å². The van der Waals surface area contributed by atoms with Gasteiger partial charge in [0.25, 0.3) is 0 Å². The van der Waals surface area contributed by atoms with Crippen molar-refractivity contribution in [2.24, 2.45) is 11.8 Å². The van der Waals surface area contributed by atoms with Gasteiger partial charge in [-0.3, -0.25) is 0 Å². The van der Waals surface area contributed by atoms with Crippen LogP contribution >= 0.6 is 0 Å². The number of rotatable bonds is 2. The molecule has 1 heterocycles. The Balaban J connectivity index is 1.83. The van der Waals surface area contributed by atoms with Crippen molar-refractivity contribution in [1.82, 2.24) is 4.90 Å². The summed E-state index contributed by atoms with van der Waals surface area (Å²) in [7, 11) is 0. The Labute approximate surface area is 82.5 Å². The fraction of sp³-hybridized carbons (Fsp3) is 1.00. The van der Waals surface area contributed by atoms with Crippen LogP contribution in [-0.4, -0.2) is 24.0 Å². The van der Waals surface area contributed by atoms with Crippen molar-refractivity contribution in [3.63, 3.8) is 0 Å². The van der Waals surface area contributed by atoms with Crippen LogP contribution in [0.2, 0.25) is 0 Å². The van der Waals surface area contributed by atoms with Crippen LogP contribution in [0.15, 0.2) is 0 Å². The monoisotopic (exact) mass is 181 g/mol. The molecule has 13 heavy (non-hydrogen) atoms. The van der Waals surface area contributed by atoms with E-state index in [0.29, 0.717) is 0 Å². The molecule has 0 aromatic heterocycles. The second kappa shape index (κ2) is 4.00. The van der Waals surface area contributed by atoms with E-state index in [2.05, 4.69) is 18.7 Å². The molecule has 2 rings (SSSR count). The fourth-order valence-electron chi connectivity index (χ4n) is 2.96. The Morgan fingerprint density at radius 3 is 2.31 bits per heavy atom. The summed E-state index contributed by atoms with van der Waals surface area (Å²) in [6.45, 7) is 7.53. The third kappa shape index (κ3) is 2.07. The predicted octanol–water partition coefficient (Wildman–Crippen LogP) is 2.91. The molecule has 0 aromatic rings. The summed E-state index contributed by atoms with van der Waals surface area (Å²) in [5, 5.41) is 0. The zero-order valence-electron chi connectivity index (χ0n) is 9.13. The smallest absolute Gasteiger partial charge is 0.00953 e. The lowest BCUT2D eigenvalue weighted by molar-refractivity contribution is 0.228. The maximum absolute atomic E-state index is 2.76. The van der Waals surface area contributed by atoms with Crippen LogP contribution < -0.4 is 0 Å². The van der Waals surface area contributed by atoms with Crippen LogP contribution in [0.1, 0.15) is 46.0 Å². The minimum absolute atomic E-state index is 0.895. The molecule has 1 heteroatoms. The molecular weight excluding hydrogens is 158 g/mol. The lowest BCUT2D eigenvalue weighted by Crippen LogP contribution is -2.31. The van der Waals surface area contributed by atoms with E-state index in [4.69, 9.17) is 0 Å². The van der Waals surface area contributed by atoms with E-state index in [0.717, 1.165) is 17.9 Å². The highest BCUT2D eigenvalue weighted by Crippen LogP contribution is 2.31. The van der Waals surface area contributed by atoms with Gasteiger partial charge in [0.2, 0.25) is 0 Å². The summed E-state index contributed by atoms with van der Waals surface area (Å²) < 4.78 is 0. The minimum Gasteiger partial charge on any atom is -0.300 e. The van der Waals surface area contributed by atoms with Crippen LogP contribution in [0, 0.1) is 11.8 Å². The van der Waals surface area contributed by atoms with Gasteiger partial charge >= 0.3 is 0 Å². The molecule has 76 valence electrons. The largest absolute Gasteiger partial charge is 0.300 e. The average molecular weight is 181 g/mol. The second-order valence-corrected chi connectivity index (χ2v) is 5.23. The molecule has 0 unspecified atom stereocenters. The summed E-state index contributed by atoms with van der Waals surface area (Å²) in [5.74, 6) is 1.88. The summed E-state index contributed by atoms with van der Waals surface area (Å²) in [6, 6.07) is 0.962. The average Bonchev–Trinajstić information content (AvgIpc) is 2.75. The van der Waals surface area contributed by atoms with Gasteiger partial charge in [-0.05, 0) is 37.6 Å². The molecule has 0 amide bonds. The Kier molecular flexibility index (Phi) is 2.92. The van der Waals surface area contributed by atoms with Crippen molar-refractivity contribution in [3.05, 3.63) is 0 Å². The van der Waals surface area contributed by atoms with Crippen molar-refractivity contribution >= 4 is 0 Å². The van der Waals surface area contributed by atoms with Gasteiger partial charge < -0.3 is 4.90 Å². The third-order valence-electron chi connectivity index (χ3n) is 4.04. The minimum atomic E-state index is 0.895. The number of hydrogen-bond donors (Lipinski definition) is 0. The third-order valence-corrected chi connectivity index (χ3v) is 4.04. The van der Waals surface area contributed by atoms with E-state index in [1.54, 1.807) is 0 Å². The van der Waals surface area contributed by atoms with Crippen molar-refractivity contribution in [3.8, 4) is 0 Å². The summed E-state index contributed by atoms with van der Waals surface area (Å²) >= 11 is 0. The molecule has 1 saturated carbocycles. The number of nitrogens with zero attached hydrogens (tertiary/aromatic N) is 1. The first-order chi connectivity index (χ1) is 6.27. The Bertz CT molecular complexity index is 159. The lowest BCUT2D eigenvalue weighted by Gasteiger charge is -2.24. The van der Waals surface area contributed by atoms with Gasteiger partial charge in [0.1, 0.15) is 0 Å². The van der Waals surface area contributed by atoms with Crippen LogP contribution in [0.4, 0.5) is 0 Å². The van der Waals surface area contributed by atoms with Gasteiger partial charge in [0.15, 0.2) is 0 Å². The standard InChI is InChI=1S/C12H23N/c1-10(2)11-7-8-13(9-11)12-5-3-4-6-12/h10-12H,3-9H2,1-2H3/t11-/m0/s1. The van der Waals surface area contributed by atoms with Crippen LogP contribution in [0.5, 0.6) is 0 Å². The van der Waals surface area contributed by atoms with Crippen molar-refractivity contribution in [2.75, 3.05) is 13.1 Å². The molecule has 1 atom stereocenters. The highest BCUT2D eigenvalue weighted by Gasteiger charge is 2.30. The van der Waals surface area contributed by atoms with Gasteiger partial charge in [0.05, 0.1) is 0 Å². The molecule has 2 fully saturated rings. The van der Waals surface area contributed by atoms with Crippen molar-refractivity contribution < 1.29 is 0 Å². The zero-order valence-corrected chi connectivity index (χ0v) is 9.13. The molecule has 1 saturated heterocycles. The van der Waals surface area contributed by atoms with Gasteiger partial charge in [-0.15, -0.1) is 0 Å². The molecule has 0 bridgehead atoms. The van der Waals surface area contributed by atoms with Crippen molar-refractivity contribution in [1.29, 1.82) is 0 Å². The molecule has 1 nitrogen and oxygen atoms in total. The van der Waals surface area contributed by atoms with E-state index < -0.39 is 0 Å². The summed E-state index contributed by atoms with van der Waals surface area (Å²) in [6.07, 6.45) is 7.37. The zero-order chi connectivity index (χ0) is 9.26. The fourth-order valence-corrected chi connectivity index (χ4v) is 2.96. The van der Waals surface area contributed by atoms with Crippen LogP contribution in [0.25, 0.3) is 0 Å². The van der Waals surface area contributed by atoms with Gasteiger partial charge in [0, 0.05) is 12.6 Å². The first-order valence-electron chi connectivity index (χ1n) is 6.01. The topological polar surface area (TPSA) is 3.24 Å². The summed E-state index contributed by atoms with van der Waals surface area (Å²) in [5.41, 5.74) is 0. The molecule has 0 spiro atoms. The predicted molar refractivity (Wildman–Crippen MR) is 56.8 cm³/mol. The van der Waals surface area contributed by atoms with E-state index in [9.17, 15) is 0 Å². The molecule has 0 aromatic carbocycles. The lowest BCUT2D eigenvalue weighted by atomic mass is 9.95. The van der Waals surface area contributed by atoms with E-state index >= 15 is 0 Å². The molecule has 0 radical (unpaired) electrons. The van der Waals surface area contributed by atoms with Gasteiger partial charge in [-0.1, -0.05) is 26.7 Å². The van der Waals surface area contributed by atoms with E-state index in [1.165, 1.54) is 45.2 Å². The molecule has 0 N–H and O–H groups in total. The number of likely N-dealkylation sites (tertiary alicyclic amines) is 1. The van der Waals surface area contributed by atoms with Crippen molar-refractivity contribution in [2.45, 2.75) is 52.0 Å². The first kappa shape index (κ1) is 9.51.